The van der Waals surface area contributed by atoms with Crippen LogP contribution in [0, 0.1) is 23.7 Å². The Bertz CT molecular complexity index is 508. The first-order chi connectivity index (χ1) is 13.1. The highest BCUT2D eigenvalue weighted by atomic mass is 16.5. The van der Waals surface area contributed by atoms with E-state index < -0.39 is 0 Å². The van der Waals surface area contributed by atoms with E-state index in [4.69, 9.17) is 4.74 Å². The van der Waals surface area contributed by atoms with Gasteiger partial charge >= 0.3 is 0 Å². The summed E-state index contributed by atoms with van der Waals surface area (Å²) in [6, 6.07) is 0.943. The van der Waals surface area contributed by atoms with Gasteiger partial charge in [-0.1, -0.05) is 26.7 Å². The number of nitrogens with zero attached hydrogens (tertiary/aromatic N) is 1. The zero-order valence-corrected chi connectivity index (χ0v) is 17.3. The predicted molar refractivity (Wildman–Crippen MR) is 108 cm³/mol. The van der Waals surface area contributed by atoms with Crippen LogP contribution in [0.4, 0.5) is 0 Å². The molecule has 4 fully saturated rings. The quantitative estimate of drug-likeness (QED) is 0.790. The smallest absolute Gasteiger partial charge is 0.237 e. The number of ether oxygens (including phenoxy) is 1. The Hall–Kier alpha value is -0.650. The topological polar surface area (TPSA) is 53.6 Å². The normalized spacial score (nSPS) is 43.3. The van der Waals surface area contributed by atoms with Crippen molar-refractivity contribution < 1.29 is 9.53 Å². The molecule has 4 rings (SSSR count). The standard InChI is InChI=1S/C22H39N3O2/c1-15-5-3-6-17-13-20(23-21(15)17)22(26)24-19-8-4-7-18(16(19)2)14-25-9-11-27-12-10-25/h15-21,23H,3-14H2,1-2H3,(H,24,26). The summed E-state index contributed by atoms with van der Waals surface area (Å²) in [5.74, 6) is 2.95. The molecule has 7 unspecified atom stereocenters. The van der Waals surface area contributed by atoms with Crippen molar-refractivity contribution in [2.24, 2.45) is 23.7 Å². The summed E-state index contributed by atoms with van der Waals surface area (Å²) in [6.45, 7) is 9.74. The molecule has 5 heteroatoms. The van der Waals surface area contributed by atoms with Crippen molar-refractivity contribution in [2.75, 3.05) is 32.8 Å². The SMILES string of the molecule is CC1CCCC2CC(C(=O)NC3CCCC(CN4CCOCC4)C3C)NC12. The fourth-order valence-corrected chi connectivity index (χ4v) is 6.19. The number of carbonyl (C=O) groups is 1. The molecule has 5 nitrogen and oxygen atoms in total. The molecule has 2 heterocycles. The van der Waals surface area contributed by atoms with Crippen LogP contribution in [-0.4, -0.2) is 61.8 Å². The van der Waals surface area contributed by atoms with Gasteiger partial charge in [0.2, 0.25) is 5.91 Å². The molecule has 2 N–H and O–H groups in total. The number of hydrogen-bond donors (Lipinski definition) is 2. The van der Waals surface area contributed by atoms with Gasteiger partial charge in [-0.3, -0.25) is 9.69 Å². The molecule has 1 amide bonds. The maximum atomic E-state index is 13.0. The minimum Gasteiger partial charge on any atom is -0.379 e. The third kappa shape index (κ3) is 4.51. The molecular formula is C22H39N3O2. The van der Waals surface area contributed by atoms with Crippen LogP contribution >= 0.6 is 0 Å². The van der Waals surface area contributed by atoms with Crippen molar-refractivity contribution in [2.45, 2.75) is 76.9 Å². The van der Waals surface area contributed by atoms with E-state index in [0.717, 1.165) is 39.1 Å². The summed E-state index contributed by atoms with van der Waals surface area (Å²) in [6.07, 6.45) is 8.67. The molecule has 0 bridgehead atoms. The second-order valence-electron chi connectivity index (χ2n) is 9.73. The van der Waals surface area contributed by atoms with E-state index in [1.54, 1.807) is 0 Å². The fourth-order valence-electron chi connectivity index (χ4n) is 6.19. The lowest BCUT2D eigenvalue weighted by atomic mass is 9.76. The third-order valence-corrected chi connectivity index (χ3v) is 8.00. The first-order valence-electron chi connectivity index (χ1n) is 11.5. The number of hydrogen-bond acceptors (Lipinski definition) is 4. The van der Waals surface area contributed by atoms with Gasteiger partial charge < -0.3 is 15.4 Å². The van der Waals surface area contributed by atoms with E-state index in [2.05, 4.69) is 29.4 Å². The van der Waals surface area contributed by atoms with Crippen molar-refractivity contribution in [3.8, 4) is 0 Å². The Labute approximate surface area is 165 Å². The first kappa shape index (κ1) is 19.7. The average molecular weight is 378 g/mol. The molecule has 0 spiro atoms. The highest BCUT2D eigenvalue weighted by Crippen LogP contribution is 2.37. The summed E-state index contributed by atoms with van der Waals surface area (Å²) in [5, 5.41) is 7.15. The minimum atomic E-state index is 0.0346. The molecule has 0 aromatic carbocycles. The minimum absolute atomic E-state index is 0.0346. The van der Waals surface area contributed by atoms with E-state index >= 15 is 0 Å². The summed E-state index contributed by atoms with van der Waals surface area (Å²) in [4.78, 5) is 15.6. The second kappa shape index (κ2) is 8.79. The highest BCUT2D eigenvalue weighted by Gasteiger charge is 2.42. The number of morpholine rings is 1. The molecular weight excluding hydrogens is 338 g/mol. The molecule has 0 radical (unpaired) electrons. The van der Waals surface area contributed by atoms with Crippen molar-refractivity contribution >= 4 is 5.91 Å². The van der Waals surface area contributed by atoms with Crippen molar-refractivity contribution in [1.29, 1.82) is 0 Å². The van der Waals surface area contributed by atoms with Crippen molar-refractivity contribution in [3.05, 3.63) is 0 Å². The number of carbonyl (C=O) groups excluding carboxylic acids is 1. The van der Waals surface area contributed by atoms with Crippen LogP contribution in [0.5, 0.6) is 0 Å². The molecule has 2 aliphatic carbocycles. The molecule has 7 atom stereocenters. The van der Waals surface area contributed by atoms with Gasteiger partial charge in [0.25, 0.3) is 0 Å². The van der Waals surface area contributed by atoms with E-state index in [1.807, 2.05) is 0 Å². The molecule has 0 aromatic rings. The van der Waals surface area contributed by atoms with Gasteiger partial charge in [0.05, 0.1) is 19.3 Å². The van der Waals surface area contributed by atoms with Crippen LogP contribution in [0.3, 0.4) is 0 Å². The average Bonchev–Trinajstić information content (AvgIpc) is 3.12. The summed E-state index contributed by atoms with van der Waals surface area (Å²) in [7, 11) is 0. The Kier molecular flexibility index (Phi) is 6.40. The Morgan fingerprint density at radius 2 is 1.89 bits per heavy atom. The van der Waals surface area contributed by atoms with Gasteiger partial charge in [-0.25, -0.2) is 0 Å². The van der Waals surface area contributed by atoms with Gasteiger partial charge in [-0.05, 0) is 55.8 Å². The van der Waals surface area contributed by atoms with Crippen LogP contribution in [-0.2, 0) is 9.53 Å². The zero-order valence-electron chi connectivity index (χ0n) is 17.3. The highest BCUT2D eigenvalue weighted by molar-refractivity contribution is 5.82. The van der Waals surface area contributed by atoms with Gasteiger partial charge in [0.1, 0.15) is 0 Å². The Morgan fingerprint density at radius 3 is 2.67 bits per heavy atom. The van der Waals surface area contributed by atoms with E-state index in [1.165, 1.54) is 38.6 Å². The third-order valence-electron chi connectivity index (χ3n) is 8.00. The molecule has 0 aromatic heterocycles. The van der Waals surface area contributed by atoms with Gasteiger partial charge in [-0.2, -0.15) is 0 Å². The first-order valence-corrected chi connectivity index (χ1v) is 11.5. The van der Waals surface area contributed by atoms with E-state index in [0.29, 0.717) is 35.8 Å². The maximum absolute atomic E-state index is 13.0. The van der Waals surface area contributed by atoms with Crippen LogP contribution in [0.1, 0.15) is 58.8 Å². The molecule has 2 saturated carbocycles. The number of rotatable bonds is 4. The monoisotopic (exact) mass is 377 g/mol. The summed E-state index contributed by atoms with van der Waals surface area (Å²) in [5.41, 5.74) is 0. The molecule has 154 valence electrons. The van der Waals surface area contributed by atoms with Crippen molar-refractivity contribution in [3.63, 3.8) is 0 Å². The predicted octanol–water partition coefficient (Wildman–Crippen LogP) is 2.41. The fraction of sp³-hybridized carbons (Fsp3) is 0.955. The largest absolute Gasteiger partial charge is 0.379 e. The summed E-state index contributed by atoms with van der Waals surface area (Å²) < 4.78 is 5.49. The second-order valence-corrected chi connectivity index (χ2v) is 9.73. The number of nitrogens with one attached hydrogen (secondary N) is 2. The van der Waals surface area contributed by atoms with Crippen LogP contribution < -0.4 is 10.6 Å². The number of amides is 1. The van der Waals surface area contributed by atoms with Gasteiger partial charge in [0, 0.05) is 31.7 Å². The maximum Gasteiger partial charge on any atom is 0.237 e. The molecule has 2 aliphatic heterocycles. The lowest BCUT2D eigenvalue weighted by Gasteiger charge is -2.40. The molecule has 27 heavy (non-hydrogen) atoms. The zero-order chi connectivity index (χ0) is 18.8. The lowest BCUT2D eigenvalue weighted by Crippen LogP contribution is -2.52. The Balaban J connectivity index is 1.29. The van der Waals surface area contributed by atoms with Crippen LogP contribution in [0.2, 0.25) is 0 Å². The van der Waals surface area contributed by atoms with Gasteiger partial charge in [-0.15, -0.1) is 0 Å². The van der Waals surface area contributed by atoms with E-state index in [9.17, 15) is 4.79 Å². The Morgan fingerprint density at radius 1 is 1.11 bits per heavy atom. The van der Waals surface area contributed by atoms with Crippen LogP contribution in [0.25, 0.3) is 0 Å². The molecule has 4 aliphatic rings. The van der Waals surface area contributed by atoms with E-state index in [-0.39, 0.29) is 11.9 Å². The summed E-state index contributed by atoms with van der Waals surface area (Å²) >= 11 is 0. The van der Waals surface area contributed by atoms with Crippen LogP contribution in [0.15, 0.2) is 0 Å². The molecule has 2 saturated heterocycles. The van der Waals surface area contributed by atoms with Gasteiger partial charge in [0.15, 0.2) is 0 Å². The van der Waals surface area contributed by atoms with Crippen molar-refractivity contribution in [1.82, 2.24) is 15.5 Å². The lowest BCUT2D eigenvalue weighted by molar-refractivity contribution is -0.124. The number of fused-ring (bicyclic) bond motifs is 1.